The third-order valence-corrected chi connectivity index (χ3v) is 4.23. The summed E-state index contributed by atoms with van der Waals surface area (Å²) in [5, 5.41) is 1.90. The summed E-state index contributed by atoms with van der Waals surface area (Å²) in [6.45, 7) is 3.15. The maximum absolute atomic E-state index is 13.1. The lowest BCUT2D eigenvalue weighted by Crippen LogP contribution is -2.24. The van der Waals surface area contributed by atoms with E-state index in [-0.39, 0.29) is 18.2 Å². The molecule has 0 bridgehead atoms. The van der Waals surface area contributed by atoms with E-state index in [9.17, 15) is 44.3 Å². The molecule has 2 rings (SSSR count). The molecule has 14 heteroatoms. The van der Waals surface area contributed by atoms with Crippen molar-refractivity contribution < 1.29 is 39.5 Å². The second kappa shape index (κ2) is 7.39. The van der Waals surface area contributed by atoms with Gasteiger partial charge in [0.15, 0.2) is 5.69 Å². The zero-order valence-corrected chi connectivity index (χ0v) is 15.2. The molecule has 0 amide bonds. The van der Waals surface area contributed by atoms with Gasteiger partial charge in [-0.3, -0.25) is 9.36 Å². The first-order valence-corrected chi connectivity index (χ1v) is 7.93. The second-order valence-electron chi connectivity index (χ2n) is 5.36. The fourth-order valence-corrected chi connectivity index (χ4v) is 2.66. The van der Waals surface area contributed by atoms with Crippen LogP contribution >= 0.6 is 15.9 Å². The highest BCUT2D eigenvalue weighted by atomic mass is 79.9. The fraction of sp³-hybridized carbons (Fsp3) is 0.200. The molecule has 2 aromatic rings. The molecular formula is C15H7BrF9N3O. The molecule has 0 atom stereocenters. The van der Waals surface area contributed by atoms with Crippen LogP contribution in [0.2, 0.25) is 0 Å². The van der Waals surface area contributed by atoms with Gasteiger partial charge in [0.1, 0.15) is 0 Å². The lowest BCUT2D eigenvalue weighted by Gasteiger charge is -2.19. The molecule has 0 saturated heterocycles. The van der Waals surface area contributed by atoms with Crippen molar-refractivity contribution in [3.63, 3.8) is 0 Å². The maximum atomic E-state index is 13.1. The molecule has 1 N–H and O–H groups in total. The average molecular weight is 496 g/mol. The van der Waals surface area contributed by atoms with Gasteiger partial charge < -0.3 is 5.32 Å². The molecule has 0 radical (unpaired) electrons. The molecule has 0 aliphatic heterocycles. The molecule has 158 valence electrons. The highest BCUT2D eigenvalue weighted by molar-refractivity contribution is 9.10. The van der Waals surface area contributed by atoms with Gasteiger partial charge in [-0.1, -0.05) is 6.58 Å². The maximum Gasteiger partial charge on any atom is 0.433 e. The molecule has 0 aliphatic rings. The van der Waals surface area contributed by atoms with Gasteiger partial charge in [-0.15, -0.1) is 0 Å². The molecule has 0 fully saturated rings. The Hall–Kier alpha value is -2.51. The van der Waals surface area contributed by atoms with Gasteiger partial charge in [-0.05, 0) is 28.1 Å². The number of rotatable bonds is 3. The minimum atomic E-state index is -5.23. The van der Waals surface area contributed by atoms with Gasteiger partial charge in [0, 0.05) is 12.3 Å². The summed E-state index contributed by atoms with van der Waals surface area (Å²) in [7, 11) is 0. The highest BCUT2D eigenvalue weighted by Crippen LogP contribution is 2.43. The third-order valence-electron chi connectivity index (χ3n) is 3.38. The lowest BCUT2D eigenvalue weighted by atomic mass is 10.1. The van der Waals surface area contributed by atoms with Gasteiger partial charge >= 0.3 is 18.5 Å². The Kier molecular flexibility index (Phi) is 5.80. The molecule has 4 nitrogen and oxygen atoms in total. The van der Waals surface area contributed by atoms with E-state index >= 15 is 0 Å². The standard InChI is InChI=1S/C15H7BrF9N3O/c1-2-28-10(29)5-9(15(23,24)25)27-12(28)26-8-4-6(13(17,18)19)3-7(11(8)16)14(20,21)22/h2-5H,1H2,(H,26,27). The van der Waals surface area contributed by atoms with Crippen LogP contribution in [0.5, 0.6) is 0 Å². The van der Waals surface area contributed by atoms with E-state index < -0.39 is 57.0 Å². The van der Waals surface area contributed by atoms with E-state index in [0.717, 1.165) is 0 Å². The normalized spacial score (nSPS) is 12.8. The van der Waals surface area contributed by atoms with Gasteiger partial charge in [-0.25, -0.2) is 4.98 Å². The minimum absolute atomic E-state index is 0.0924. The van der Waals surface area contributed by atoms with Crippen LogP contribution in [-0.4, -0.2) is 9.55 Å². The summed E-state index contributed by atoms with van der Waals surface area (Å²) in [6, 6.07) is 0.143. The summed E-state index contributed by atoms with van der Waals surface area (Å²) >= 11 is 2.49. The first-order chi connectivity index (χ1) is 13.1. The number of aromatic nitrogens is 2. The van der Waals surface area contributed by atoms with Crippen molar-refractivity contribution in [3.05, 3.63) is 56.4 Å². The quantitative estimate of drug-likeness (QED) is 0.539. The van der Waals surface area contributed by atoms with E-state index in [1.807, 2.05) is 5.32 Å². The Morgan fingerprint density at radius 2 is 1.55 bits per heavy atom. The Morgan fingerprint density at radius 3 is 2.00 bits per heavy atom. The van der Waals surface area contributed by atoms with E-state index in [4.69, 9.17) is 0 Å². The van der Waals surface area contributed by atoms with E-state index in [2.05, 4.69) is 27.5 Å². The predicted molar refractivity (Wildman–Crippen MR) is 87.3 cm³/mol. The number of anilines is 2. The number of nitrogens with zero attached hydrogens (tertiary/aromatic N) is 2. The van der Waals surface area contributed by atoms with Crippen LogP contribution in [0.3, 0.4) is 0 Å². The summed E-state index contributed by atoms with van der Waals surface area (Å²) < 4.78 is 116. The first kappa shape index (κ1) is 22.8. The largest absolute Gasteiger partial charge is 0.433 e. The molecule has 0 unspecified atom stereocenters. The lowest BCUT2D eigenvalue weighted by molar-refractivity contribution is -0.143. The van der Waals surface area contributed by atoms with Gasteiger partial charge in [0.05, 0.1) is 21.3 Å². The number of benzene rings is 1. The summed E-state index contributed by atoms with van der Waals surface area (Å²) in [6.07, 6.45) is -14.8. The van der Waals surface area contributed by atoms with Gasteiger partial charge in [0.2, 0.25) is 5.95 Å². The van der Waals surface area contributed by atoms with Crippen molar-refractivity contribution in [3.8, 4) is 0 Å². The van der Waals surface area contributed by atoms with Crippen LogP contribution in [0.15, 0.2) is 34.0 Å². The smallest absolute Gasteiger partial charge is 0.324 e. The molecule has 1 aromatic carbocycles. The zero-order chi connectivity index (χ0) is 22.4. The van der Waals surface area contributed by atoms with Crippen LogP contribution in [0.4, 0.5) is 51.1 Å². The summed E-state index contributed by atoms with van der Waals surface area (Å²) in [4.78, 5) is 14.9. The number of alkyl halides is 9. The fourth-order valence-electron chi connectivity index (χ4n) is 2.11. The molecule has 0 saturated carbocycles. The van der Waals surface area contributed by atoms with E-state index in [1.54, 1.807) is 0 Å². The Labute approximate surface area is 163 Å². The molecule has 0 spiro atoms. The zero-order valence-electron chi connectivity index (χ0n) is 13.6. The first-order valence-electron chi connectivity index (χ1n) is 7.14. The predicted octanol–water partition coefficient (Wildman–Crippen LogP) is 5.91. The van der Waals surface area contributed by atoms with Crippen LogP contribution in [0.25, 0.3) is 6.20 Å². The second-order valence-corrected chi connectivity index (χ2v) is 6.15. The SMILES string of the molecule is C=Cn1c(Nc2cc(C(F)(F)F)cc(C(F)(F)F)c2Br)nc(C(F)(F)F)cc1=O. The Morgan fingerprint density at radius 1 is 0.966 bits per heavy atom. The van der Waals surface area contributed by atoms with E-state index in [0.29, 0.717) is 10.8 Å². The number of halogens is 10. The summed E-state index contributed by atoms with van der Waals surface area (Å²) in [5.74, 6) is -0.993. The molecular weight excluding hydrogens is 489 g/mol. The number of nitrogens with one attached hydrogen (secondary N) is 1. The Bertz CT molecular complexity index is 1010. The van der Waals surface area contributed by atoms with Crippen molar-refractivity contribution in [2.45, 2.75) is 18.5 Å². The summed E-state index contributed by atoms with van der Waals surface area (Å²) in [5.41, 5.74) is -7.41. The van der Waals surface area contributed by atoms with Crippen molar-refractivity contribution in [2.75, 3.05) is 5.32 Å². The molecule has 1 aromatic heterocycles. The van der Waals surface area contributed by atoms with Crippen LogP contribution < -0.4 is 10.9 Å². The van der Waals surface area contributed by atoms with Gasteiger partial charge in [0.25, 0.3) is 5.56 Å². The van der Waals surface area contributed by atoms with Crippen molar-refractivity contribution in [2.24, 2.45) is 0 Å². The minimum Gasteiger partial charge on any atom is -0.324 e. The van der Waals surface area contributed by atoms with Crippen molar-refractivity contribution in [1.82, 2.24) is 9.55 Å². The van der Waals surface area contributed by atoms with Crippen LogP contribution in [0, 0.1) is 0 Å². The average Bonchev–Trinajstić information content (AvgIpc) is 2.53. The van der Waals surface area contributed by atoms with Crippen molar-refractivity contribution >= 4 is 33.8 Å². The highest BCUT2D eigenvalue weighted by Gasteiger charge is 2.39. The molecule has 1 heterocycles. The third kappa shape index (κ3) is 4.92. The number of hydrogen-bond acceptors (Lipinski definition) is 3. The van der Waals surface area contributed by atoms with Crippen LogP contribution in [-0.2, 0) is 18.5 Å². The monoisotopic (exact) mass is 495 g/mol. The van der Waals surface area contributed by atoms with E-state index in [1.165, 1.54) is 0 Å². The van der Waals surface area contributed by atoms with Gasteiger partial charge in [-0.2, -0.15) is 39.5 Å². The molecule has 29 heavy (non-hydrogen) atoms. The number of hydrogen-bond donors (Lipinski definition) is 1. The van der Waals surface area contributed by atoms with Crippen molar-refractivity contribution in [1.29, 1.82) is 0 Å². The van der Waals surface area contributed by atoms with Crippen LogP contribution in [0.1, 0.15) is 16.8 Å². The Balaban J connectivity index is 2.76. The topological polar surface area (TPSA) is 46.9 Å². The molecule has 0 aliphatic carbocycles.